The van der Waals surface area contributed by atoms with Gasteiger partial charge in [-0.1, -0.05) is 60.7 Å². The number of amides is 1. The summed E-state index contributed by atoms with van der Waals surface area (Å²) in [6, 6.07) is 24.2. The molecule has 0 saturated carbocycles. The molecule has 154 valence electrons. The summed E-state index contributed by atoms with van der Waals surface area (Å²) >= 11 is 1.49. The van der Waals surface area contributed by atoms with Crippen molar-refractivity contribution in [2.24, 2.45) is 0 Å². The maximum Gasteiger partial charge on any atom is 0.250 e. The fraction of sp³-hybridized carbons (Fsp3) is 0.125. The topological polar surface area (TPSA) is 68.5 Å². The largest absolute Gasteiger partial charge is 0.494 e. The highest BCUT2D eigenvalue weighted by atomic mass is 32.1. The zero-order valence-corrected chi connectivity index (χ0v) is 17.5. The van der Waals surface area contributed by atoms with Gasteiger partial charge in [0, 0.05) is 17.4 Å². The number of aromatic nitrogens is 3. The Balaban J connectivity index is 1.15. The highest BCUT2D eigenvalue weighted by Crippen LogP contribution is 2.25. The monoisotopic (exact) mass is 428 g/mol. The second-order valence-corrected chi connectivity index (χ2v) is 7.96. The van der Waals surface area contributed by atoms with Crippen molar-refractivity contribution < 1.29 is 9.53 Å². The number of hydrogen-bond acceptors (Lipinski definition) is 5. The Morgan fingerprint density at radius 2 is 1.81 bits per heavy atom. The molecule has 0 spiro atoms. The molecule has 7 heteroatoms. The molecular weight excluding hydrogens is 408 g/mol. The first kappa shape index (κ1) is 19.3. The van der Waals surface area contributed by atoms with E-state index >= 15 is 0 Å². The van der Waals surface area contributed by atoms with Gasteiger partial charge in [0.25, 0.3) is 0 Å². The van der Waals surface area contributed by atoms with Gasteiger partial charge < -0.3 is 4.74 Å². The van der Waals surface area contributed by atoms with Gasteiger partial charge >= 0.3 is 0 Å². The van der Waals surface area contributed by atoms with E-state index in [1.807, 2.05) is 66.0 Å². The summed E-state index contributed by atoms with van der Waals surface area (Å²) in [4.78, 5) is 17.5. The number of carbonyl (C=O) groups excluding carboxylic acids is 1. The van der Waals surface area contributed by atoms with Gasteiger partial charge in [-0.3, -0.25) is 10.1 Å². The minimum Gasteiger partial charge on any atom is -0.494 e. The van der Waals surface area contributed by atoms with Crippen molar-refractivity contribution in [3.63, 3.8) is 0 Å². The number of benzene rings is 3. The Kier molecular flexibility index (Phi) is 5.33. The lowest BCUT2D eigenvalue weighted by atomic mass is 10.1. The molecule has 2 aromatic heterocycles. The Morgan fingerprint density at radius 3 is 2.68 bits per heavy atom. The van der Waals surface area contributed by atoms with Crippen LogP contribution >= 0.6 is 11.3 Å². The normalized spacial score (nSPS) is 11.1. The van der Waals surface area contributed by atoms with Crippen molar-refractivity contribution in [3.05, 3.63) is 78.2 Å². The number of anilines is 1. The summed E-state index contributed by atoms with van der Waals surface area (Å²) in [7, 11) is 0. The Labute approximate surface area is 183 Å². The highest BCUT2D eigenvalue weighted by Gasteiger charge is 2.13. The number of carbonyl (C=O) groups is 1. The van der Waals surface area contributed by atoms with Gasteiger partial charge in [-0.15, -0.1) is 16.4 Å². The summed E-state index contributed by atoms with van der Waals surface area (Å²) in [5.41, 5.74) is 2.01. The minimum atomic E-state index is -0.123. The van der Waals surface area contributed by atoms with E-state index in [4.69, 9.17) is 4.74 Å². The predicted octanol–water partition coefficient (Wildman–Crippen LogP) is 5.41. The number of rotatable bonds is 7. The standard InChI is InChI=1S/C24H20N4O2S/c29-22(11-6-14-30-20-13-12-17-7-4-5-10-19(17)15-20)25-23-26-24-28(27-23)21(16-31-24)18-8-2-1-3-9-18/h1-5,7-10,12-13,15-16H,6,11,14H2,(H,25,27,29). The molecular formula is C24H20N4O2S. The molecule has 0 radical (unpaired) electrons. The van der Waals surface area contributed by atoms with Crippen LogP contribution in [0.5, 0.6) is 5.75 Å². The zero-order valence-electron chi connectivity index (χ0n) is 16.7. The minimum absolute atomic E-state index is 0.123. The van der Waals surface area contributed by atoms with Gasteiger partial charge in [-0.2, -0.15) is 4.98 Å². The van der Waals surface area contributed by atoms with Gasteiger partial charge in [-0.25, -0.2) is 4.52 Å². The number of nitrogens with zero attached hydrogens (tertiary/aromatic N) is 3. The first-order valence-corrected chi connectivity index (χ1v) is 11.0. The lowest BCUT2D eigenvalue weighted by molar-refractivity contribution is -0.116. The molecule has 0 fully saturated rings. The SMILES string of the molecule is O=C(CCCOc1ccc2ccccc2c1)Nc1nc2scc(-c3ccccc3)n2n1. The van der Waals surface area contributed by atoms with Gasteiger partial charge in [0.1, 0.15) is 5.75 Å². The second-order valence-electron chi connectivity index (χ2n) is 7.13. The number of fused-ring (bicyclic) bond motifs is 2. The second kappa shape index (κ2) is 8.57. The van der Waals surface area contributed by atoms with Crippen LogP contribution in [0, 0.1) is 0 Å². The average Bonchev–Trinajstić information content (AvgIpc) is 3.37. The van der Waals surface area contributed by atoms with Crippen LogP contribution in [0.25, 0.3) is 27.0 Å². The van der Waals surface area contributed by atoms with Crippen LogP contribution in [0.2, 0.25) is 0 Å². The summed E-state index contributed by atoms with van der Waals surface area (Å²) in [6.07, 6.45) is 0.947. The van der Waals surface area contributed by atoms with E-state index in [2.05, 4.69) is 27.5 Å². The first-order valence-electron chi connectivity index (χ1n) is 10.1. The van der Waals surface area contributed by atoms with Crippen LogP contribution in [-0.4, -0.2) is 27.1 Å². The first-order chi connectivity index (χ1) is 15.3. The van der Waals surface area contributed by atoms with E-state index in [1.54, 1.807) is 4.52 Å². The smallest absolute Gasteiger partial charge is 0.250 e. The van der Waals surface area contributed by atoms with Crippen molar-refractivity contribution in [1.82, 2.24) is 14.6 Å². The van der Waals surface area contributed by atoms with E-state index in [1.165, 1.54) is 16.7 Å². The van der Waals surface area contributed by atoms with Gasteiger partial charge in [0.05, 0.1) is 12.3 Å². The predicted molar refractivity (Wildman–Crippen MR) is 124 cm³/mol. The maximum atomic E-state index is 12.3. The van der Waals surface area contributed by atoms with Crippen LogP contribution in [0.4, 0.5) is 5.95 Å². The third-order valence-electron chi connectivity index (χ3n) is 4.94. The molecule has 0 saturated heterocycles. The number of ether oxygens (including phenoxy) is 1. The zero-order chi connectivity index (χ0) is 21.0. The molecule has 3 aromatic carbocycles. The molecule has 31 heavy (non-hydrogen) atoms. The molecule has 0 unspecified atom stereocenters. The highest BCUT2D eigenvalue weighted by molar-refractivity contribution is 7.15. The lowest BCUT2D eigenvalue weighted by Crippen LogP contribution is -2.14. The average molecular weight is 429 g/mol. The Hall–Kier alpha value is -3.71. The van der Waals surface area contributed by atoms with Crippen molar-refractivity contribution >= 4 is 38.9 Å². The van der Waals surface area contributed by atoms with Gasteiger partial charge in [-0.05, 0) is 29.3 Å². The van der Waals surface area contributed by atoms with Crippen LogP contribution in [0.1, 0.15) is 12.8 Å². The van der Waals surface area contributed by atoms with Crippen molar-refractivity contribution in [3.8, 4) is 17.0 Å². The molecule has 0 aliphatic heterocycles. The Bertz CT molecular complexity index is 1340. The quantitative estimate of drug-likeness (QED) is 0.352. The molecule has 1 amide bonds. The number of thiazole rings is 1. The summed E-state index contributed by atoms with van der Waals surface area (Å²) in [5, 5.41) is 11.6. The molecule has 0 aliphatic carbocycles. The fourth-order valence-corrected chi connectivity index (χ4v) is 4.24. The Morgan fingerprint density at radius 1 is 1.00 bits per heavy atom. The molecule has 2 heterocycles. The fourth-order valence-electron chi connectivity index (χ4n) is 3.41. The van der Waals surface area contributed by atoms with Crippen molar-refractivity contribution in [1.29, 1.82) is 0 Å². The molecule has 5 rings (SSSR count). The maximum absolute atomic E-state index is 12.3. The number of nitrogens with one attached hydrogen (secondary N) is 1. The van der Waals surface area contributed by atoms with E-state index < -0.39 is 0 Å². The third-order valence-corrected chi connectivity index (χ3v) is 5.76. The molecule has 6 nitrogen and oxygen atoms in total. The van der Waals surface area contributed by atoms with Crippen LogP contribution in [0.15, 0.2) is 78.2 Å². The molecule has 5 aromatic rings. The molecule has 0 aliphatic rings. The van der Waals surface area contributed by atoms with E-state index in [9.17, 15) is 4.79 Å². The van der Waals surface area contributed by atoms with E-state index in [0.29, 0.717) is 25.4 Å². The van der Waals surface area contributed by atoms with E-state index in [0.717, 1.165) is 27.4 Å². The van der Waals surface area contributed by atoms with Crippen LogP contribution in [-0.2, 0) is 4.79 Å². The van der Waals surface area contributed by atoms with Crippen molar-refractivity contribution in [2.75, 3.05) is 11.9 Å². The molecule has 1 N–H and O–H groups in total. The number of hydrogen-bond donors (Lipinski definition) is 1. The summed E-state index contributed by atoms with van der Waals surface area (Å²) in [5.74, 6) is 1.01. The third kappa shape index (κ3) is 4.27. The lowest BCUT2D eigenvalue weighted by Gasteiger charge is -2.07. The summed E-state index contributed by atoms with van der Waals surface area (Å²) in [6.45, 7) is 0.468. The van der Waals surface area contributed by atoms with Gasteiger partial charge in [0.15, 0.2) is 0 Å². The van der Waals surface area contributed by atoms with Crippen molar-refractivity contribution in [2.45, 2.75) is 12.8 Å². The van der Waals surface area contributed by atoms with E-state index in [-0.39, 0.29) is 5.91 Å². The summed E-state index contributed by atoms with van der Waals surface area (Å²) < 4.78 is 7.56. The molecule has 0 atom stereocenters. The molecule has 0 bridgehead atoms. The van der Waals surface area contributed by atoms with Gasteiger partial charge in [0.2, 0.25) is 16.8 Å². The van der Waals surface area contributed by atoms with Crippen LogP contribution < -0.4 is 10.1 Å². The van der Waals surface area contributed by atoms with Crippen LogP contribution in [0.3, 0.4) is 0 Å².